The topological polar surface area (TPSA) is 34.4 Å². The van der Waals surface area contributed by atoms with Crippen LogP contribution in [0.1, 0.15) is 32.3 Å². The van der Waals surface area contributed by atoms with Crippen molar-refractivity contribution in [1.82, 2.24) is 4.57 Å². The van der Waals surface area contributed by atoms with Gasteiger partial charge in [0, 0.05) is 13.5 Å². The first-order chi connectivity index (χ1) is 9.02. The van der Waals surface area contributed by atoms with Crippen molar-refractivity contribution in [3.8, 4) is 0 Å². The number of hydrogen-bond donors (Lipinski definition) is 0. The molecule has 4 heteroatoms. The van der Waals surface area contributed by atoms with Crippen LogP contribution < -0.4 is 4.80 Å². The molecule has 0 spiro atoms. The fourth-order valence-electron chi connectivity index (χ4n) is 1.97. The fraction of sp³-hybridized carbons (Fsp3) is 0.333. The largest absolute Gasteiger partial charge is 0.313 e. The Hall–Kier alpha value is -1.68. The van der Waals surface area contributed by atoms with Crippen LogP contribution in [0, 0.1) is 0 Å². The summed E-state index contributed by atoms with van der Waals surface area (Å²) in [6.45, 7) is 10.2. The average molecular weight is 274 g/mol. The second-order valence-electron chi connectivity index (χ2n) is 4.80. The van der Waals surface area contributed by atoms with Gasteiger partial charge in [-0.25, -0.2) is 0 Å². The van der Waals surface area contributed by atoms with Crippen LogP contribution in [0.15, 0.2) is 35.8 Å². The van der Waals surface area contributed by atoms with Crippen LogP contribution in [-0.4, -0.2) is 10.5 Å². The number of amides is 1. The van der Waals surface area contributed by atoms with E-state index in [-0.39, 0.29) is 5.91 Å². The first-order valence-corrected chi connectivity index (χ1v) is 7.14. The molecule has 0 atom stereocenters. The number of rotatable bonds is 3. The van der Waals surface area contributed by atoms with Crippen molar-refractivity contribution in [3.05, 3.63) is 41.2 Å². The van der Waals surface area contributed by atoms with Crippen LogP contribution in [-0.2, 0) is 11.3 Å². The summed E-state index contributed by atoms with van der Waals surface area (Å²) in [5, 5.41) is 0. The first kappa shape index (κ1) is 13.7. The van der Waals surface area contributed by atoms with Gasteiger partial charge in [0.25, 0.3) is 0 Å². The molecule has 0 unspecified atom stereocenters. The maximum Gasteiger partial charge on any atom is 0.245 e. The summed E-state index contributed by atoms with van der Waals surface area (Å²) < 4.78 is 3.19. The summed E-state index contributed by atoms with van der Waals surface area (Å²) >= 11 is 1.55. The molecule has 3 nitrogen and oxygen atoms in total. The van der Waals surface area contributed by atoms with E-state index in [9.17, 15) is 4.79 Å². The molecular formula is C15H18N2OS. The second kappa shape index (κ2) is 5.53. The number of benzene rings is 1. The zero-order chi connectivity index (χ0) is 14.0. The number of allylic oxidation sites excluding steroid dienone is 1. The molecule has 0 aliphatic rings. The molecule has 0 aliphatic heterocycles. The number of nitrogens with zero attached hydrogens (tertiary/aromatic N) is 2. The Kier molecular flexibility index (Phi) is 4.00. The maximum absolute atomic E-state index is 11.2. The average Bonchev–Trinajstić information content (AvgIpc) is 2.66. The number of aromatic nitrogens is 1. The molecule has 1 amide bonds. The minimum Gasteiger partial charge on any atom is -0.313 e. The second-order valence-corrected chi connectivity index (χ2v) is 5.81. The summed E-state index contributed by atoms with van der Waals surface area (Å²) in [5.74, 6) is 0.320. The summed E-state index contributed by atoms with van der Waals surface area (Å²) in [6.07, 6.45) is 1.82. The molecule has 19 heavy (non-hydrogen) atoms. The van der Waals surface area contributed by atoms with Crippen molar-refractivity contribution in [2.24, 2.45) is 4.99 Å². The van der Waals surface area contributed by atoms with E-state index < -0.39 is 0 Å². The smallest absolute Gasteiger partial charge is 0.245 e. The van der Waals surface area contributed by atoms with E-state index in [0.29, 0.717) is 12.5 Å². The predicted molar refractivity (Wildman–Crippen MR) is 80.3 cm³/mol. The third kappa shape index (κ3) is 2.84. The van der Waals surface area contributed by atoms with Gasteiger partial charge in [0.15, 0.2) is 4.80 Å². The van der Waals surface area contributed by atoms with Gasteiger partial charge in [-0.3, -0.25) is 4.79 Å². The highest BCUT2D eigenvalue weighted by atomic mass is 32.1. The van der Waals surface area contributed by atoms with E-state index in [1.165, 1.54) is 12.5 Å². The Morgan fingerprint density at radius 1 is 1.53 bits per heavy atom. The molecule has 0 N–H and O–H groups in total. The highest BCUT2D eigenvalue weighted by Gasteiger charge is 2.08. The van der Waals surface area contributed by atoms with Crippen molar-refractivity contribution in [2.75, 3.05) is 0 Å². The molecule has 1 aromatic carbocycles. The van der Waals surface area contributed by atoms with Gasteiger partial charge in [0.2, 0.25) is 5.91 Å². The minimum atomic E-state index is -0.173. The lowest BCUT2D eigenvalue weighted by molar-refractivity contribution is -0.116. The van der Waals surface area contributed by atoms with Crippen LogP contribution in [0.2, 0.25) is 0 Å². The van der Waals surface area contributed by atoms with Crippen LogP contribution in [0.25, 0.3) is 10.2 Å². The molecule has 0 aliphatic carbocycles. The summed E-state index contributed by atoms with van der Waals surface area (Å²) in [4.78, 5) is 16.0. The van der Waals surface area contributed by atoms with E-state index >= 15 is 0 Å². The van der Waals surface area contributed by atoms with Crippen LogP contribution in [0.5, 0.6) is 0 Å². The van der Waals surface area contributed by atoms with Gasteiger partial charge >= 0.3 is 0 Å². The molecular weight excluding hydrogens is 256 g/mol. The Morgan fingerprint density at radius 2 is 2.26 bits per heavy atom. The molecule has 0 bridgehead atoms. The number of carbonyl (C=O) groups is 1. The van der Waals surface area contributed by atoms with Gasteiger partial charge in [0.05, 0.1) is 10.2 Å². The Balaban J connectivity index is 2.72. The Labute approximate surface area is 116 Å². The number of hydrogen-bond acceptors (Lipinski definition) is 2. The molecule has 1 heterocycles. The number of fused-ring (bicyclic) bond motifs is 1. The molecule has 0 radical (unpaired) electrons. The molecule has 0 saturated heterocycles. The summed E-state index contributed by atoms with van der Waals surface area (Å²) in [5.41, 5.74) is 2.41. The van der Waals surface area contributed by atoms with Gasteiger partial charge in [-0.15, -0.1) is 6.58 Å². The third-order valence-corrected chi connectivity index (χ3v) is 3.98. The molecule has 1 aromatic heterocycles. The highest BCUT2D eigenvalue weighted by molar-refractivity contribution is 7.16. The molecule has 0 saturated carbocycles. The fourth-order valence-corrected chi connectivity index (χ4v) is 3.11. The van der Waals surface area contributed by atoms with Crippen molar-refractivity contribution in [2.45, 2.75) is 33.2 Å². The van der Waals surface area contributed by atoms with Gasteiger partial charge in [0.1, 0.15) is 0 Å². The zero-order valence-corrected chi connectivity index (χ0v) is 12.3. The lowest BCUT2D eigenvalue weighted by Crippen LogP contribution is -2.15. The lowest BCUT2D eigenvalue weighted by atomic mass is 10.0. The van der Waals surface area contributed by atoms with E-state index in [1.807, 2.05) is 10.6 Å². The normalized spacial score (nSPS) is 12.3. The summed E-state index contributed by atoms with van der Waals surface area (Å²) in [6, 6.07) is 6.42. The zero-order valence-electron chi connectivity index (χ0n) is 11.5. The van der Waals surface area contributed by atoms with Crippen LogP contribution in [0.4, 0.5) is 0 Å². The first-order valence-electron chi connectivity index (χ1n) is 6.32. The minimum absolute atomic E-state index is 0.173. The summed E-state index contributed by atoms with van der Waals surface area (Å²) in [7, 11) is 0. The Morgan fingerprint density at radius 3 is 2.84 bits per heavy atom. The van der Waals surface area contributed by atoms with E-state index in [4.69, 9.17) is 0 Å². The van der Waals surface area contributed by atoms with E-state index in [1.54, 1.807) is 11.3 Å². The molecule has 2 aromatic rings. The molecule has 2 rings (SSSR count). The predicted octanol–water partition coefficient (Wildman–Crippen LogP) is 3.46. The highest BCUT2D eigenvalue weighted by Crippen LogP contribution is 2.23. The number of carbonyl (C=O) groups excluding carboxylic acids is 1. The lowest BCUT2D eigenvalue weighted by Gasteiger charge is -2.05. The van der Waals surface area contributed by atoms with Gasteiger partial charge in [-0.05, 0) is 23.6 Å². The maximum atomic E-state index is 11.2. The van der Waals surface area contributed by atoms with E-state index in [0.717, 1.165) is 15.0 Å². The quantitative estimate of drug-likeness (QED) is 0.789. The van der Waals surface area contributed by atoms with Crippen molar-refractivity contribution in [1.29, 1.82) is 0 Å². The van der Waals surface area contributed by atoms with Gasteiger partial charge in [-0.1, -0.05) is 37.3 Å². The van der Waals surface area contributed by atoms with Gasteiger partial charge < -0.3 is 4.57 Å². The van der Waals surface area contributed by atoms with Crippen LogP contribution >= 0.6 is 11.3 Å². The SMILES string of the molecule is C=CCn1c(=NC(C)=O)sc2cc(C(C)C)ccc21. The van der Waals surface area contributed by atoms with Gasteiger partial charge in [-0.2, -0.15) is 4.99 Å². The standard InChI is InChI=1S/C15H18N2OS/c1-5-8-17-13-7-6-12(10(2)3)9-14(13)19-15(17)16-11(4)18/h5-7,9-10H,1,8H2,2-4H3. The third-order valence-electron chi connectivity index (χ3n) is 2.94. The number of thiazole rings is 1. The Bertz CT molecular complexity index is 692. The monoisotopic (exact) mass is 274 g/mol. The van der Waals surface area contributed by atoms with E-state index in [2.05, 4.69) is 43.6 Å². The van der Waals surface area contributed by atoms with Crippen molar-refractivity contribution in [3.63, 3.8) is 0 Å². The van der Waals surface area contributed by atoms with Crippen LogP contribution in [0.3, 0.4) is 0 Å². The molecule has 100 valence electrons. The van der Waals surface area contributed by atoms with Crippen molar-refractivity contribution >= 4 is 27.5 Å². The molecule has 0 fully saturated rings. The van der Waals surface area contributed by atoms with Crippen molar-refractivity contribution < 1.29 is 4.79 Å².